The first kappa shape index (κ1) is 14.3. The van der Waals surface area contributed by atoms with E-state index in [0.717, 1.165) is 31.1 Å². The second-order valence-corrected chi connectivity index (χ2v) is 5.95. The van der Waals surface area contributed by atoms with Gasteiger partial charge >= 0.3 is 0 Å². The van der Waals surface area contributed by atoms with Crippen molar-refractivity contribution in [2.75, 3.05) is 11.4 Å². The maximum absolute atomic E-state index is 5.99. The van der Waals surface area contributed by atoms with Crippen molar-refractivity contribution in [1.82, 2.24) is 4.98 Å². The predicted octanol–water partition coefficient (Wildman–Crippen LogP) is 2.99. The zero-order chi connectivity index (χ0) is 13.8. The number of pyridine rings is 1. The molecule has 1 aliphatic heterocycles. The van der Waals surface area contributed by atoms with Crippen molar-refractivity contribution in [1.29, 1.82) is 0 Å². The first-order chi connectivity index (χ1) is 9.11. The van der Waals surface area contributed by atoms with Crippen molar-refractivity contribution >= 4 is 5.82 Å². The van der Waals surface area contributed by atoms with Crippen LogP contribution in [0.4, 0.5) is 5.82 Å². The molecule has 106 valence electrons. The quantitative estimate of drug-likeness (QED) is 0.906. The third kappa shape index (κ3) is 3.47. The topological polar surface area (TPSA) is 42.1 Å². The zero-order valence-corrected chi connectivity index (χ0v) is 12.5. The number of hydrogen-bond donors (Lipinski definition) is 1. The van der Waals surface area contributed by atoms with Crippen LogP contribution in [-0.4, -0.2) is 23.6 Å². The SMILES string of the molecule is CCC(N)Cc1ccc(N2CCCC(C)C2C)nc1. The summed E-state index contributed by atoms with van der Waals surface area (Å²) in [5.74, 6) is 1.87. The van der Waals surface area contributed by atoms with E-state index < -0.39 is 0 Å². The lowest BCUT2D eigenvalue weighted by Gasteiger charge is -2.38. The van der Waals surface area contributed by atoms with Gasteiger partial charge in [0, 0.05) is 24.8 Å². The fourth-order valence-corrected chi connectivity index (χ4v) is 2.81. The standard InChI is InChI=1S/C16H27N3/c1-4-15(17)10-14-7-8-16(18-11-14)19-9-5-6-12(2)13(19)3/h7-8,11-13,15H,4-6,9-10,17H2,1-3H3. The smallest absolute Gasteiger partial charge is 0.128 e. The highest BCUT2D eigenvalue weighted by atomic mass is 15.2. The molecule has 19 heavy (non-hydrogen) atoms. The summed E-state index contributed by atoms with van der Waals surface area (Å²) in [5, 5.41) is 0. The van der Waals surface area contributed by atoms with Crippen LogP contribution in [0.2, 0.25) is 0 Å². The fourth-order valence-electron chi connectivity index (χ4n) is 2.81. The first-order valence-corrected chi connectivity index (χ1v) is 7.59. The van der Waals surface area contributed by atoms with E-state index in [1.54, 1.807) is 0 Å². The van der Waals surface area contributed by atoms with Crippen LogP contribution in [-0.2, 0) is 6.42 Å². The Hall–Kier alpha value is -1.09. The Bertz CT molecular complexity index is 387. The molecular weight excluding hydrogens is 234 g/mol. The van der Waals surface area contributed by atoms with Crippen LogP contribution < -0.4 is 10.6 Å². The maximum atomic E-state index is 5.99. The van der Waals surface area contributed by atoms with Gasteiger partial charge in [-0.2, -0.15) is 0 Å². The average Bonchev–Trinajstić information content (AvgIpc) is 2.43. The number of hydrogen-bond acceptors (Lipinski definition) is 3. The Balaban J connectivity index is 2.05. The summed E-state index contributed by atoms with van der Waals surface area (Å²) in [4.78, 5) is 7.09. The van der Waals surface area contributed by atoms with E-state index in [1.807, 2.05) is 6.20 Å². The minimum absolute atomic E-state index is 0.251. The summed E-state index contributed by atoms with van der Waals surface area (Å²) < 4.78 is 0. The molecule has 3 nitrogen and oxygen atoms in total. The second kappa shape index (κ2) is 6.38. The molecule has 3 unspecified atom stereocenters. The van der Waals surface area contributed by atoms with E-state index in [2.05, 4.69) is 42.8 Å². The summed E-state index contributed by atoms with van der Waals surface area (Å²) in [7, 11) is 0. The van der Waals surface area contributed by atoms with Gasteiger partial charge in [-0.15, -0.1) is 0 Å². The van der Waals surface area contributed by atoms with Crippen molar-refractivity contribution in [2.45, 2.75) is 58.5 Å². The summed E-state index contributed by atoms with van der Waals surface area (Å²) in [5.41, 5.74) is 7.23. The Morgan fingerprint density at radius 2 is 2.21 bits per heavy atom. The molecule has 0 bridgehead atoms. The zero-order valence-electron chi connectivity index (χ0n) is 12.5. The van der Waals surface area contributed by atoms with Gasteiger partial charge in [0.15, 0.2) is 0 Å². The molecule has 1 aromatic rings. The summed E-state index contributed by atoms with van der Waals surface area (Å²) in [6.07, 6.45) is 6.55. The van der Waals surface area contributed by atoms with Gasteiger partial charge in [0.05, 0.1) is 0 Å². The first-order valence-electron chi connectivity index (χ1n) is 7.59. The van der Waals surface area contributed by atoms with E-state index in [0.29, 0.717) is 6.04 Å². The third-order valence-corrected chi connectivity index (χ3v) is 4.50. The number of aromatic nitrogens is 1. The van der Waals surface area contributed by atoms with Gasteiger partial charge < -0.3 is 10.6 Å². The van der Waals surface area contributed by atoms with Crippen LogP contribution in [0, 0.1) is 5.92 Å². The van der Waals surface area contributed by atoms with Gasteiger partial charge in [-0.1, -0.05) is 19.9 Å². The number of nitrogens with two attached hydrogens (primary N) is 1. The molecule has 2 heterocycles. The molecule has 1 saturated heterocycles. The minimum Gasteiger partial charge on any atom is -0.354 e. The van der Waals surface area contributed by atoms with E-state index in [9.17, 15) is 0 Å². The highest BCUT2D eigenvalue weighted by Gasteiger charge is 2.25. The molecule has 2 rings (SSSR count). The molecule has 3 atom stereocenters. The van der Waals surface area contributed by atoms with Crippen LogP contribution in [0.15, 0.2) is 18.3 Å². The van der Waals surface area contributed by atoms with Crippen LogP contribution in [0.1, 0.15) is 45.6 Å². The van der Waals surface area contributed by atoms with Gasteiger partial charge in [-0.25, -0.2) is 4.98 Å². The number of rotatable bonds is 4. The number of nitrogens with zero attached hydrogens (tertiary/aromatic N) is 2. The third-order valence-electron chi connectivity index (χ3n) is 4.50. The molecule has 0 spiro atoms. The summed E-state index contributed by atoms with van der Waals surface area (Å²) >= 11 is 0. The summed E-state index contributed by atoms with van der Waals surface area (Å²) in [6, 6.07) is 5.18. The van der Waals surface area contributed by atoms with E-state index in [1.165, 1.54) is 18.4 Å². The number of piperidine rings is 1. The van der Waals surface area contributed by atoms with Gasteiger partial charge in [0.1, 0.15) is 5.82 Å². The van der Waals surface area contributed by atoms with Gasteiger partial charge in [0.2, 0.25) is 0 Å². The molecular formula is C16H27N3. The summed E-state index contributed by atoms with van der Waals surface area (Å²) in [6.45, 7) is 7.91. The Morgan fingerprint density at radius 3 is 2.84 bits per heavy atom. The van der Waals surface area contributed by atoms with Crippen LogP contribution >= 0.6 is 0 Å². The molecule has 1 fully saturated rings. The van der Waals surface area contributed by atoms with Crippen molar-refractivity contribution in [2.24, 2.45) is 11.7 Å². The lowest BCUT2D eigenvalue weighted by Crippen LogP contribution is -2.42. The highest BCUT2D eigenvalue weighted by molar-refractivity contribution is 5.41. The molecule has 1 aromatic heterocycles. The minimum atomic E-state index is 0.251. The van der Waals surface area contributed by atoms with Crippen molar-refractivity contribution < 1.29 is 0 Å². The lowest BCUT2D eigenvalue weighted by molar-refractivity contribution is 0.361. The lowest BCUT2D eigenvalue weighted by atomic mass is 9.92. The molecule has 2 N–H and O–H groups in total. The average molecular weight is 261 g/mol. The van der Waals surface area contributed by atoms with Crippen LogP contribution in [0.5, 0.6) is 0 Å². The van der Waals surface area contributed by atoms with Crippen molar-refractivity contribution in [3.8, 4) is 0 Å². The Kier molecular flexibility index (Phi) is 4.81. The highest BCUT2D eigenvalue weighted by Crippen LogP contribution is 2.27. The van der Waals surface area contributed by atoms with Gasteiger partial charge in [-0.05, 0) is 50.2 Å². The molecule has 0 saturated carbocycles. The fraction of sp³-hybridized carbons (Fsp3) is 0.688. The molecule has 3 heteroatoms. The molecule has 0 aliphatic carbocycles. The maximum Gasteiger partial charge on any atom is 0.128 e. The predicted molar refractivity (Wildman–Crippen MR) is 81.4 cm³/mol. The Morgan fingerprint density at radius 1 is 1.42 bits per heavy atom. The van der Waals surface area contributed by atoms with Crippen LogP contribution in [0.3, 0.4) is 0 Å². The molecule has 0 aromatic carbocycles. The molecule has 0 amide bonds. The van der Waals surface area contributed by atoms with E-state index in [-0.39, 0.29) is 6.04 Å². The Labute approximate surface area is 117 Å². The van der Waals surface area contributed by atoms with E-state index >= 15 is 0 Å². The molecule has 1 aliphatic rings. The van der Waals surface area contributed by atoms with Gasteiger partial charge in [-0.3, -0.25) is 0 Å². The normalized spacial score (nSPS) is 25.4. The van der Waals surface area contributed by atoms with Crippen molar-refractivity contribution in [3.63, 3.8) is 0 Å². The van der Waals surface area contributed by atoms with Gasteiger partial charge in [0.25, 0.3) is 0 Å². The van der Waals surface area contributed by atoms with Crippen molar-refractivity contribution in [3.05, 3.63) is 23.9 Å². The van der Waals surface area contributed by atoms with E-state index in [4.69, 9.17) is 5.73 Å². The monoisotopic (exact) mass is 261 g/mol. The largest absolute Gasteiger partial charge is 0.354 e. The van der Waals surface area contributed by atoms with Crippen LogP contribution in [0.25, 0.3) is 0 Å². The second-order valence-electron chi connectivity index (χ2n) is 5.95. The molecule has 0 radical (unpaired) electrons. The number of anilines is 1.